The van der Waals surface area contributed by atoms with Gasteiger partial charge in [0.05, 0.1) is 6.61 Å². The Labute approximate surface area is 561 Å². The molecule has 1 atom stereocenters. The molecule has 0 saturated carbocycles. The zero-order valence-corrected chi connectivity index (χ0v) is 60.1. The van der Waals surface area contributed by atoms with E-state index in [1.54, 1.807) is 0 Å². The van der Waals surface area contributed by atoms with Crippen molar-refractivity contribution >= 4 is 11.9 Å². The number of hydrogen-bond donors (Lipinski definition) is 1. The average molecular weight is 1250 g/mol. The first kappa shape index (κ1) is 86.8. The van der Waals surface area contributed by atoms with Crippen LogP contribution in [0.5, 0.6) is 0 Å². The molecular formula is C85H152O5. The van der Waals surface area contributed by atoms with Crippen LogP contribution in [-0.2, 0) is 19.1 Å². The molecular weight excluding hydrogens is 1100 g/mol. The molecule has 1 unspecified atom stereocenters. The Morgan fingerprint density at radius 3 is 0.722 bits per heavy atom. The van der Waals surface area contributed by atoms with Crippen LogP contribution in [0.2, 0.25) is 0 Å². The summed E-state index contributed by atoms with van der Waals surface area (Å²) >= 11 is 0. The van der Waals surface area contributed by atoms with Crippen molar-refractivity contribution in [3.8, 4) is 0 Å². The number of unbranched alkanes of at least 4 members (excludes halogenated alkanes) is 50. The Morgan fingerprint density at radius 1 is 0.267 bits per heavy atom. The molecule has 5 heteroatoms. The molecule has 0 heterocycles. The normalized spacial score (nSPS) is 12.7. The van der Waals surface area contributed by atoms with Crippen molar-refractivity contribution in [3.05, 3.63) is 97.2 Å². The summed E-state index contributed by atoms with van der Waals surface area (Å²) in [5.74, 6) is -0.581. The maximum Gasteiger partial charge on any atom is 0.306 e. The van der Waals surface area contributed by atoms with E-state index < -0.39 is 6.10 Å². The van der Waals surface area contributed by atoms with Gasteiger partial charge in [-0.05, 0) is 77.0 Å². The zero-order valence-electron chi connectivity index (χ0n) is 60.1. The number of carbonyl (C=O) groups excluding carboxylic acids is 2. The van der Waals surface area contributed by atoms with Gasteiger partial charge in [-0.2, -0.15) is 0 Å². The maximum absolute atomic E-state index is 12.4. The van der Waals surface area contributed by atoms with Gasteiger partial charge in [-0.3, -0.25) is 9.59 Å². The summed E-state index contributed by atoms with van der Waals surface area (Å²) in [6, 6.07) is 0. The van der Waals surface area contributed by atoms with Gasteiger partial charge in [0.2, 0.25) is 0 Å². The third kappa shape index (κ3) is 77.3. The molecule has 1 N–H and O–H groups in total. The van der Waals surface area contributed by atoms with Gasteiger partial charge in [0.15, 0.2) is 6.10 Å². The molecule has 5 nitrogen and oxygen atoms in total. The van der Waals surface area contributed by atoms with Crippen LogP contribution in [0.4, 0.5) is 0 Å². The van der Waals surface area contributed by atoms with Gasteiger partial charge in [-0.25, -0.2) is 0 Å². The largest absolute Gasteiger partial charge is 0.462 e. The predicted molar refractivity (Wildman–Crippen MR) is 399 cm³/mol. The Balaban J connectivity index is 3.42. The molecule has 0 aromatic rings. The molecule has 522 valence electrons. The molecule has 0 aliphatic rings. The smallest absolute Gasteiger partial charge is 0.306 e. The van der Waals surface area contributed by atoms with Crippen molar-refractivity contribution in [1.82, 2.24) is 0 Å². The van der Waals surface area contributed by atoms with Gasteiger partial charge in [-0.1, -0.05) is 419 Å². The topological polar surface area (TPSA) is 72.8 Å². The Morgan fingerprint density at radius 2 is 0.478 bits per heavy atom. The second kappa shape index (κ2) is 80.1. The molecule has 0 radical (unpaired) electrons. The molecule has 0 fully saturated rings. The molecule has 0 aromatic carbocycles. The Hall–Kier alpha value is -3.18. The number of rotatable bonds is 74. The fraction of sp³-hybridized carbons (Fsp3) is 0.788. The maximum atomic E-state index is 12.4. The first-order valence-electron chi connectivity index (χ1n) is 39.8. The van der Waals surface area contributed by atoms with E-state index in [1.165, 1.54) is 295 Å². The van der Waals surface area contributed by atoms with E-state index in [4.69, 9.17) is 9.47 Å². The van der Waals surface area contributed by atoms with Crippen LogP contribution in [0.15, 0.2) is 97.2 Å². The lowest BCUT2D eigenvalue weighted by Crippen LogP contribution is -2.28. The molecule has 0 amide bonds. The summed E-state index contributed by atoms with van der Waals surface area (Å²) in [5, 5.41) is 9.72. The van der Waals surface area contributed by atoms with Gasteiger partial charge < -0.3 is 14.6 Å². The summed E-state index contributed by atoms with van der Waals surface area (Å²) in [7, 11) is 0. The lowest BCUT2D eigenvalue weighted by Gasteiger charge is -2.15. The number of carbonyl (C=O) groups is 2. The van der Waals surface area contributed by atoms with Gasteiger partial charge in [0.25, 0.3) is 0 Å². The van der Waals surface area contributed by atoms with E-state index in [0.29, 0.717) is 12.8 Å². The lowest BCUT2D eigenvalue weighted by molar-refractivity contribution is -0.161. The monoisotopic (exact) mass is 1250 g/mol. The number of allylic oxidation sites excluding steroid dienone is 16. The fourth-order valence-electron chi connectivity index (χ4n) is 12.0. The van der Waals surface area contributed by atoms with Gasteiger partial charge in [0, 0.05) is 12.8 Å². The second-order valence-corrected chi connectivity index (χ2v) is 26.8. The SMILES string of the molecule is CC/C=C\C/C=C\C/C=C\C/C=C\C/C=C\C/C=C\C/C=C\C/C=C\CCCCCCCCCCCCC(=O)OC(CO)COC(=O)CCCCCCCCCCCCCCCCCCCCCCCCCCCCCCCCCCCCCCCCCCC. The highest BCUT2D eigenvalue weighted by Gasteiger charge is 2.16. The molecule has 0 bridgehead atoms. The third-order valence-corrected chi connectivity index (χ3v) is 17.9. The van der Waals surface area contributed by atoms with Gasteiger partial charge >= 0.3 is 11.9 Å². The molecule has 0 aliphatic heterocycles. The van der Waals surface area contributed by atoms with E-state index in [-0.39, 0.29) is 25.2 Å². The highest BCUT2D eigenvalue weighted by molar-refractivity contribution is 5.70. The third-order valence-electron chi connectivity index (χ3n) is 17.9. The van der Waals surface area contributed by atoms with Crippen molar-refractivity contribution < 1.29 is 24.2 Å². The minimum Gasteiger partial charge on any atom is -0.462 e. The minimum absolute atomic E-state index is 0.0675. The van der Waals surface area contributed by atoms with Crippen molar-refractivity contribution in [1.29, 1.82) is 0 Å². The van der Waals surface area contributed by atoms with Gasteiger partial charge in [-0.15, -0.1) is 0 Å². The quantitative estimate of drug-likeness (QED) is 0.0373. The van der Waals surface area contributed by atoms with Crippen LogP contribution in [-0.4, -0.2) is 36.4 Å². The van der Waals surface area contributed by atoms with E-state index in [0.717, 1.165) is 89.9 Å². The standard InChI is InChI=1S/C85H152O5/c1-3-5-7-9-11-13-15-17-19-21-23-25-27-29-31-33-35-37-39-40-41-42-43-44-46-47-49-51-53-55-57-59-61-63-65-67-69-71-73-75-77-79-84(87)89-82-83(81-86)90-85(88)80-78-76-74-72-70-68-66-64-62-60-58-56-54-52-50-48-45-38-36-34-32-30-28-26-24-22-20-18-16-14-12-10-8-6-4-2/h6,8,12,14,18,20,24,26,30,32,36,38,48,50,54,56,83,86H,3-5,7,9-11,13,15-17,19,21-23,25,27-29,31,33-35,37,39-47,49,51-53,55,57-82H2,1-2H3/b8-6-,14-12-,20-18-,26-24-,32-30-,38-36-,50-48-,56-54-. The number of aliphatic hydroxyl groups excluding tert-OH is 1. The number of hydrogen-bond acceptors (Lipinski definition) is 5. The molecule has 0 aliphatic carbocycles. The van der Waals surface area contributed by atoms with Crippen molar-refractivity contribution in [3.63, 3.8) is 0 Å². The fourth-order valence-corrected chi connectivity index (χ4v) is 12.0. The summed E-state index contributed by atoms with van der Waals surface area (Å²) in [6.07, 6.45) is 115. The van der Waals surface area contributed by atoms with Crippen molar-refractivity contribution in [2.24, 2.45) is 0 Å². The average Bonchev–Trinajstić information content (AvgIpc) is 3.58. The Kier molecular flexibility index (Phi) is 77.2. The highest BCUT2D eigenvalue weighted by Crippen LogP contribution is 2.20. The molecule has 0 aromatic heterocycles. The summed E-state index contributed by atoms with van der Waals surface area (Å²) in [5.41, 5.74) is 0. The summed E-state index contributed by atoms with van der Waals surface area (Å²) in [4.78, 5) is 24.7. The van der Waals surface area contributed by atoms with Crippen molar-refractivity contribution in [2.45, 2.75) is 418 Å². The summed E-state index contributed by atoms with van der Waals surface area (Å²) in [6.45, 7) is 4.07. The molecule has 0 rings (SSSR count). The van der Waals surface area contributed by atoms with E-state index >= 15 is 0 Å². The minimum atomic E-state index is -0.780. The number of ether oxygens (including phenoxy) is 2. The predicted octanol–water partition coefficient (Wildman–Crippen LogP) is 28.1. The number of esters is 2. The first-order valence-corrected chi connectivity index (χ1v) is 39.8. The first-order chi connectivity index (χ1) is 44.6. The van der Waals surface area contributed by atoms with Crippen molar-refractivity contribution in [2.75, 3.05) is 13.2 Å². The molecule has 0 saturated heterocycles. The van der Waals surface area contributed by atoms with E-state index in [1.807, 2.05) is 0 Å². The van der Waals surface area contributed by atoms with Crippen LogP contribution >= 0.6 is 0 Å². The van der Waals surface area contributed by atoms with Crippen LogP contribution in [0.1, 0.15) is 412 Å². The highest BCUT2D eigenvalue weighted by atomic mass is 16.6. The number of aliphatic hydroxyl groups is 1. The lowest BCUT2D eigenvalue weighted by atomic mass is 10.0. The molecule has 0 spiro atoms. The van der Waals surface area contributed by atoms with Crippen LogP contribution in [0.3, 0.4) is 0 Å². The Bertz CT molecular complexity index is 1660. The van der Waals surface area contributed by atoms with Crippen LogP contribution < -0.4 is 0 Å². The van der Waals surface area contributed by atoms with Gasteiger partial charge in [0.1, 0.15) is 6.61 Å². The van der Waals surface area contributed by atoms with E-state index in [2.05, 4.69) is 111 Å². The van der Waals surface area contributed by atoms with E-state index in [9.17, 15) is 14.7 Å². The summed E-state index contributed by atoms with van der Waals surface area (Å²) < 4.78 is 10.8. The zero-order chi connectivity index (χ0) is 64.7. The molecule has 90 heavy (non-hydrogen) atoms. The second-order valence-electron chi connectivity index (χ2n) is 26.8. The van der Waals surface area contributed by atoms with Crippen LogP contribution in [0, 0.1) is 0 Å². The van der Waals surface area contributed by atoms with Crippen LogP contribution in [0.25, 0.3) is 0 Å².